The monoisotopic (exact) mass is 396 g/mol. The summed E-state index contributed by atoms with van der Waals surface area (Å²) in [5.74, 6) is 5.81. The van der Waals surface area contributed by atoms with Crippen LogP contribution in [0.3, 0.4) is 0 Å². The number of anilines is 1. The van der Waals surface area contributed by atoms with Gasteiger partial charge in [0, 0.05) is 24.7 Å². The Labute approximate surface area is 158 Å². The second-order valence-electron chi connectivity index (χ2n) is 5.57. The molecule has 0 bridgehead atoms. The number of hydrogen-bond donors (Lipinski definition) is 1. The third-order valence-corrected chi connectivity index (χ3v) is 5.74. The summed E-state index contributed by atoms with van der Waals surface area (Å²) >= 11 is 12.0. The summed E-state index contributed by atoms with van der Waals surface area (Å²) in [5, 5.41) is 0.498. The third kappa shape index (κ3) is 4.90. The molecule has 7 heteroatoms. The van der Waals surface area contributed by atoms with Crippen molar-refractivity contribution in [3.8, 4) is 11.8 Å². The fraction of sp³-hybridized carbons (Fsp3) is 0.222. The highest BCUT2D eigenvalue weighted by atomic mass is 35.5. The summed E-state index contributed by atoms with van der Waals surface area (Å²) in [6.45, 7) is 1.69. The Morgan fingerprint density at radius 2 is 1.80 bits per heavy atom. The zero-order valence-corrected chi connectivity index (χ0v) is 16.4. The van der Waals surface area contributed by atoms with Crippen LogP contribution in [0.4, 0.5) is 5.69 Å². The summed E-state index contributed by atoms with van der Waals surface area (Å²) in [6, 6.07) is 10.5. The fourth-order valence-electron chi connectivity index (χ4n) is 2.15. The molecule has 25 heavy (non-hydrogen) atoms. The predicted molar refractivity (Wildman–Crippen MR) is 104 cm³/mol. The molecular formula is C18H18Cl2N2O2S. The lowest BCUT2D eigenvalue weighted by Crippen LogP contribution is -2.24. The Morgan fingerprint density at radius 1 is 1.12 bits per heavy atom. The Balaban J connectivity index is 2.17. The average Bonchev–Trinajstić information content (AvgIpc) is 2.55. The highest BCUT2D eigenvalue weighted by Gasteiger charge is 2.18. The number of sulfonamides is 1. The molecule has 0 saturated carbocycles. The molecule has 2 rings (SSSR count). The minimum atomic E-state index is -3.76. The van der Waals surface area contributed by atoms with E-state index in [2.05, 4.69) is 16.6 Å². The smallest absolute Gasteiger partial charge is 0.242 e. The lowest BCUT2D eigenvalue weighted by atomic mass is 10.1. The van der Waals surface area contributed by atoms with Crippen LogP contribution < -0.4 is 9.62 Å². The van der Waals surface area contributed by atoms with Gasteiger partial charge in [-0.1, -0.05) is 47.2 Å². The van der Waals surface area contributed by atoms with Crippen molar-refractivity contribution in [2.24, 2.45) is 0 Å². The normalized spacial score (nSPS) is 10.9. The van der Waals surface area contributed by atoms with Gasteiger partial charge in [-0.3, -0.25) is 0 Å². The second kappa shape index (κ2) is 8.11. The highest BCUT2D eigenvalue weighted by molar-refractivity contribution is 7.89. The van der Waals surface area contributed by atoms with Crippen LogP contribution >= 0.6 is 23.2 Å². The Kier molecular flexibility index (Phi) is 6.36. The van der Waals surface area contributed by atoms with E-state index in [4.69, 9.17) is 23.2 Å². The average molecular weight is 397 g/mol. The van der Waals surface area contributed by atoms with Crippen molar-refractivity contribution in [1.29, 1.82) is 0 Å². The Morgan fingerprint density at radius 3 is 2.48 bits per heavy atom. The second-order valence-corrected chi connectivity index (χ2v) is 8.12. The summed E-state index contributed by atoms with van der Waals surface area (Å²) in [6.07, 6.45) is 0. The van der Waals surface area contributed by atoms with E-state index in [0.717, 1.165) is 11.3 Å². The predicted octanol–water partition coefficient (Wildman–Crippen LogP) is 3.70. The van der Waals surface area contributed by atoms with Crippen molar-refractivity contribution < 1.29 is 8.42 Å². The molecule has 0 fully saturated rings. The van der Waals surface area contributed by atoms with Crippen molar-refractivity contribution in [2.75, 3.05) is 25.5 Å². The number of aryl methyl sites for hydroxylation is 1. The molecule has 2 aromatic rings. The number of para-hydroxylation sites is 1. The molecule has 0 aliphatic rings. The number of rotatable bonds is 4. The van der Waals surface area contributed by atoms with E-state index < -0.39 is 10.0 Å². The molecule has 4 nitrogen and oxygen atoms in total. The van der Waals surface area contributed by atoms with Crippen LogP contribution in [-0.4, -0.2) is 29.1 Å². The van der Waals surface area contributed by atoms with E-state index >= 15 is 0 Å². The van der Waals surface area contributed by atoms with Crippen molar-refractivity contribution in [2.45, 2.75) is 11.8 Å². The van der Waals surface area contributed by atoms with Crippen LogP contribution in [0.25, 0.3) is 0 Å². The number of nitrogens with one attached hydrogen (secondary N) is 1. The molecule has 0 unspecified atom stereocenters. The van der Waals surface area contributed by atoms with E-state index in [-0.39, 0.29) is 16.5 Å². The van der Waals surface area contributed by atoms with Crippen LogP contribution in [-0.2, 0) is 10.0 Å². The first-order valence-corrected chi connectivity index (χ1v) is 9.67. The van der Waals surface area contributed by atoms with Gasteiger partial charge in [-0.15, -0.1) is 0 Å². The quantitative estimate of drug-likeness (QED) is 0.801. The minimum absolute atomic E-state index is 0.00782. The maximum absolute atomic E-state index is 12.4. The van der Waals surface area contributed by atoms with Gasteiger partial charge in [0.15, 0.2) is 0 Å². The van der Waals surface area contributed by atoms with Gasteiger partial charge in [0.25, 0.3) is 0 Å². The number of halogens is 2. The van der Waals surface area contributed by atoms with Gasteiger partial charge >= 0.3 is 0 Å². The lowest BCUT2D eigenvalue weighted by molar-refractivity contribution is 0.586. The molecule has 0 amide bonds. The molecule has 0 radical (unpaired) electrons. The van der Waals surface area contributed by atoms with Crippen molar-refractivity contribution in [3.05, 3.63) is 57.6 Å². The van der Waals surface area contributed by atoms with Gasteiger partial charge < -0.3 is 4.90 Å². The molecule has 0 aromatic heterocycles. The van der Waals surface area contributed by atoms with Crippen LogP contribution in [0.1, 0.15) is 11.1 Å². The van der Waals surface area contributed by atoms with Gasteiger partial charge in [0.1, 0.15) is 4.90 Å². The van der Waals surface area contributed by atoms with Gasteiger partial charge in [-0.25, -0.2) is 8.42 Å². The molecule has 0 heterocycles. The summed E-state index contributed by atoms with van der Waals surface area (Å²) in [4.78, 5) is 1.94. The van der Waals surface area contributed by atoms with E-state index in [1.807, 2.05) is 43.3 Å². The largest absolute Gasteiger partial charge is 0.377 e. The number of hydrogen-bond acceptors (Lipinski definition) is 3. The third-order valence-electron chi connectivity index (χ3n) is 3.46. The molecular weight excluding hydrogens is 379 g/mol. The Bertz CT molecular complexity index is 945. The zero-order chi connectivity index (χ0) is 18.6. The maximum atomic E-state index is 12.4. The SMILES string of the molecule is Cc1cc(S(=O)(=O)NCC#Cc2ccccc2N(C)C)c(Cl)cc1Cl. The van der Waals surface area contributed by atoms with E-state index in [1.54, 1.807) is 6.92 Å². The molecule has 0 aliphatic heterocycles. The van der Waals surface area contributed by atoms with Gasteiger partial charge in [-0.2, -0.15) is 4.72 Å². The minimum Gasteiger partial charge on any atom is -0.377 e. The van der Waals surface area contributed by atoms with Crippen molar-refractivity contribution in [1.82, 2.24) is 4.72 Å². The fourth-order valence-corrected chi connectivity index (χ4v) is 3.91. The van der Waals surface area contributed by atoms with E-state index in [1.165, 1.54) is 12.1 Å². The van der Waals surface area contributed by atoms with Crippen LogP contribution in [0.5, 0.6) is 0 Å². The molecule has 0 aliphatic carbocycles. The van der Waals surface area contributed by atoms with Gasteiger partial charge in [0.2, 0.25) is 10.0 Å². The van der Waals surface area contributed by atoms with Crippen LogP contribution in [0.2, 0.25) is 10.0 Å². The Hall–Kier alpha value is -1.71. The van der Waals surface area contributed by atoms with E-state index in [0.29, 0.717) is 10.6 Å². The van der Waals surface area contributed by atoms with Crippen molar-refractivity contribution >= 4 is 38.9 Å². The number of benzene rings is 2. The van der Waals surface area contributed by atoms with E-state index in [9.17, 15) is 8.42 Å². The molecule has 0 saturated heterocycles. The van der Waals surface area contributed by atoms with Gasteiger partial charge in [-0.05, 0) is 36.8 Å². The topological polar surface area (TPSA) is 49.4 Å². The summed E-state index contributed by atoms with van der Waals surface area (Å²) < 4.78 is 27.2. The number of nitrogens with zero attached hydrogens (tertiary/aromatic N) is 1. The first-order valence-electron chi connectivity index (χ1n) is 7.43. The summed E-state index contributed by atoms with van der Waals surface area (Å²) in [7, 11) is 0.0848. The lowest BCUT2D eigenvalue weighted by Gasteiger charge is -2.13. The summed E-state index contributed by atoms with van der Waals surface area (Å²) in [5.41, 5.74) is 2.43. The maximum Gasteiger partial charge on any atom is 0.242 e. The first-order chi connectivity index (χ1) is 11.7. The molecule has 2 aromatic carbocycles. The molecule has 132 valence electrons. The van der Waals surface area contributed by atoms with Crippen LogP contribution in [0, 0.1) is 18.8 Å². The molecule has 0 spiro atoms. The van der Waals surface area contributed by atoms with Crippen LogP contribution in [0.15, 0.2) is 41.3 Å². The highest BCUT2D eigenvalue weighted by Crippen LogP contribution is 2.27. The zero-order valence-electron chi connectivity index (χ0n) is 14.1. The molecule has 1 N–H and O–H groups in total. The first kappa shape index (κ1) is 19.6. The van der Waals surface area contributed by atoms with Gasteiger partial charge in [0.05, 0.1) is 17.3 Å². The standard InChI is InChI=1S/C18H18Cl2N2O2S/c1-13-11-18(16(20)12-15(13)19)25(23,24)21-10-6-8-14-7-4-5-9-17(14)22(2)3/h4-5,7,9,11-12,21H,10H2,1-3H3. The van der Waals surface area contributed by atoms with Crippen molar-refractivity contribution in [3.63, 3.8) is 0 Å². The molecule has 0 atom stereocenters.